The second kappa shape index (κ2) is 8.67. The van der Waals surface area contributed by atoms with E-state index in [0.717, 1.165) is 16.6 Å². The predicted octanol–water partition coefficient (Wildman–Crippen LogP) is 2.45. The van der Waals surface area contributed by atoms with Crippen LogP contribution < -0.4 is 10.1 Å². The fourth-order valence-electron chi connectivity index (χ4n) is 1.68. The Bertz CT molecular complexity index is 506. The SMILES string of the molecule is CCCOc1ccc(C(=O)N(C)CCC(=O)NC)cc1Br. The Morgan fingerprint density at radius 1 is 1.38 bits per heavy atom. The molecule has 1 aromatic carbocycles. The van der Waals surface area contributed by atoms with E-state index in [1.165, 1.54) is 4.90 Å². The van der Waals surface area contributed by atoms with Crippen LogP contribution in [0.15, 0.2) is 22.7 Å². The second-order valence-corrected chi connectivity index (χ2v) is 5.50. The summed E-state index contributed by atoms with van der Waals surface area (Å²) in [6.45, 7) is 3.05. The zero-order valence-corrected chi connectivity index (χ0v) is 14.2. The first-order valence-corrected chi connectivity index (χ1v) is 7.67. The molecule has 6 heteroatoms. The fraction of sp³-hybridized carbons (Fsp3) is 0.467. The van der Waals surface area contributed by atoms with Crippen LogP contribution in [0.4, 0.5) is 0 Å². The van der Waals surface area contributed by atoms with E-state index in [9.17, 15) is 9.59 Å². The Morgan fingerprint density at radius 3 is 2.67 bits per heavy atom. The van der Waals surface area contributed by atoms with Crippen LogP contribution in [0.2, 0.25) is 0 Å². The Hall–Kier alpha value is -1.56. The number of ether oxygens (including phenoxy) is 1. The Morgan fingerprint density at radius 2 is 2.10 bits per heavy atom. The minimum Gasteiger partial charge on any atom is -0.492 e. The number of amides is 2. The summed E-state index contributed by atoms with van der Waals surface area (Å²) in [5.41, 5.74) is 0.560. The molecule has 116 valence electrons. The number of benzene rings is 1. The van der Waals surface area contributed by atoms with Gasteiger partial charge in [-0.1, -0.05) is 6.92 Å². The summed E-state index contributed by atoms with van der Waals surface area (Å²) in [4.78, 5) is 25.0. The molecule has 5 nitrogen and oxygen atoms in total. The van der Waals surface area contributed by atoms with Gasteiger partial charge in [0.1, 0.15) is 5.75 Å². The molecule has 2 amide bonds. The van der Waals surface area contributed by atoms with Gasteiger partial charge in [0.2, 0.25) is 5.91 Å². The molecule has 0 bridgehead atoms. The van der Waals surface area contributed by atoms with Crippen molar-refractivity contribution in [1.82, 2.24) is 10.2 Å². The van der Waals surface area contributed by atoms with Crippen LogP contribution in [0.5, 0.6) is 5.75 Å². The lowest BCUT2D eigenvalue weighted by molar-refractivity contribution is -0.120. The lowest BCUT2D eigenvalue weighted by Gasteiger charge is -2.17. The van der Waals surface area contributed by atoms with E-state index in [1.54, 1.807) is 32.3 Å². The number of carbonyl (C=O) groups is 2. The number of hydrogen-bond donors (Lipinski definition) is 1. The molecule has 0 saturated carbocycles. The first-order valence-electron chi connectivity index (χ1n) is 6.88. The van der Waals surface area contributed by atoms with Crippen LogP contribution in [-0.4, -0.2) is 44.0 Å². The highest BCUT2D eigenvalue weighted by Gasteiger charge is 2.14. The average Bonchev–Trinajstić information content (AvgIpc) is 2.50. The first-order chi connectivity index (χ1) is 9.99. The molecule has 0 aromatic heterocycles. The Balaban J connectivity index is 2.69. The highest BCUT2D eigenvalue weighted by molar-refractivity contribution is 9.10. The Kier molecular flexibility index (Phi) is 7.22. The van der Waals surface area contributed by atoms with Crippen LogP contribution in [-0.2, 0) is 4.79 Å². The van der Waals surface area contributed by atoms with E-state index in [2.05, 4.69) is 21.2 Å². The molecule has 0 fully saturated rings. The van der Waals surface area contributed by atoms with E-state index in [1.807, 2.05) is 6.92 Å². The maximum Gasteiger partial charge on any atom is 0.253 e. The number of carbonyl (C=O) groups excluding carboxylic acids is 2. The van der Waals surface area contributed by atoms with Crippen molar-refractivity contribution in [3.63, 3.8) is 0 Å². The molecule has 1 rings (SSSR count). The number of nitrogens with one attached hydrogen (secondary N) is 1. The van der Waals surface area contributed by atoms with Gasteiger partial charge >= 0.3 is 0 Å². The van der Waals surface area contributed by atoms with Crippen LogP contribution >= 0.6 is 15.9 Å². The quantitative estimate of drug-likeness (QED) is 0.816. The molecule has 0 saturated heterocycles. The van der Waals surface area contributed by atoms with Crippen molar-refractivity contribution in [3.05, 3.63) is 28.2 Å². The number of rotatable bonds is 7. The minimum absolute atomic E-state index is 0.0841. The third kappa shape index (κ3) is 5.38. The van der Waals surface area contributed by atoms with E-state index < -0.39 is 0 Å². The maximum absolute atomic E-state index is 12.3. The van der Waals surface area contributed by atoms with Gasteiger partial charge in [0, 0.05) is 32.6 Å². The molecule has 0 spiro atoms. The summed E-state index contributed by atoms with van der Waals surface area (Å²) < 4.78 is 6.30. The first kappa shape index (κ1) is 17.5. The van der Waals surface area contributed by atoms with Crippen molar-refractivity contribution in [3.8, 4) is 5.75 Å². The van der Waals surface area contributed by atoms with Gasteiger partial charge in [-0.2, -0.15) is 0 Å². The third-order valence-corrected chi connectivity index (χ3v) is 3.56. The predicted molar refractivity (Wildman–Crippen MR) is 85.6 cm³/mol. The van der Waals surface area contributed by atoms with Crippen molar-refractivity contribution >= 4 is 27.7 Å². The monoisotopic (exact) mass is 356 g/mol. The summed E-state index contributed by atoms with van der Waals surface area (Å²) in [5, 5.41) is 2.53. The summed E-state index contributed by atoms with van der Waals surface area (Å²) >= 11 is 3.41. The summed E-state index contributed by atoms with van der Waals surface area (Å²) in [5.74, 6) is 0.516. The topological polar surface area (TPSA) is 58.6 Å². The van der Waals surface area contributed by atoms with Crippen molar-refractivity contribution in [2.75, 3.05) is 27.2 Å². The molecule has 1 aromatic rings. The standard InChI is InChI=1S/C15H21BrN2O3/c1-4-9-21-13-6-5-11(10-12(13)16)15(20)18(3)8-7-14(19)17-2/h5-6,10H,4,7-9H2,1-3H3,(H,17,19). The van der Waals surface area contributed by atoms with Crippen molar-refractivity contribution in [2.24, 2.45) is 0 Å². The van der Waals surface area contributed by atoms with E-state index in [4.69, 9.17) is 4.74 Å². The highest BCUT2D eigenvalue weighted by Crippen LogP contribution is 2.26. The summed E-state index contributed by atoms with van der Waals surface area (Å²) in [6, 6.07) is 5.25. The zero-order valence-electron chi connectivity index (χ0n) is 12.6. The summed E-state index contributed by atoms with van der Waals surface area (Å²) in [7, 11) is 3.26. The second-order valence-electron chi connectivity index (χ2n) is 4.64. The Labute approximate surface area is 133 Å². The lowest BCUT2D eigenvalue weighted by atomic mass is 10.2. The van der Waals surface area contributed by atoms with E-state index in [-0.39, 0.29) is 18.2 Å². The highest BCUT2D eigenvalue weighted by atomic mass is 79.9. The van der Waals surface area contributed by atoms with Gasteiger partial charge in [0.25, 0.3) is 5.91 Å². The van der Waals surface area contributed by atoms with E-state index >= 15 is 0 Å². The van der Waals surface area contributed by atoms with Gasteiger partial charge in [-0.25, -0.2) is 0 Å². The largest absolute Gasteiger partial charge is 0.492 e. The van der Waals surface area contributed by atoms with Crippen LogP contribution in [0.25, 0.3) is 0 Å². The van der Waals surface area contributed by atoms with E-state index in [0.29, 0.717) is 18.7 Å². The molecule has 0 atom stereocenters. The zero-order chi connectivity index (χ0) is 15.8. The van der Waals surface area contributed by atoms with Crippen molar-refractivity contribution < 1.29 is 14.3 Å². The minimum atomic E-state index is -0.123. The van der Waals surface area contributed by atoms with Gasteiger partial charge in [0.05, 0.1) is 11.1 Å². The molecule has 0 unspecified atom stereocenters. The fourth-order valence-corrected chi connectivity index (χ4v) is 2.17. The van der Waals surface area contributed by atoms with Crippen LogP contribution in [0.1, 0.15) is 30.1 Å². The number of nitrogens with zero attached hydrogens (tertiary/aromatic N) is 1. The molecule has 0 radical (unpaired) electrons. The van der Waals surface area contributed by atoms with Crippen molar-refractivity contribution in [2.45, 2.75) is 19.8 Å². The molecular formula is C15H21BrN2O3. The van der Waals surface area contributed by atoms with Crippen LogP contribution in [0, 0.1) is 0 Å². The van der Waals surface area contributed by atoms with Crippen molar-refractivity contribution in [1.29, 1.82) is 0 Å². The normalized spacial score (nSPS) is 10.1. The van der Waals surface area contributed by atoms with Gasteiger partial charge in [0.15, 0.2) is 0 Å². The number of hydrogen-bond acceptors (Lipinski definition) is 3. The maximum atomic E-state index is 12.3. The summed E-state index contributed by atoms with van der Waals surface area (Å²) in [6.07, 6.45) is 1.22. The molecule has 0 aliphatic heterocycles. The lowest BCUT2D eigenvalue weighted by Crippen LogP contribution is -2.31. The van der Waals surface area contributed by atoms with Gasteiger partial charge in [-0.05, 0) is 40.5 Å². The smallest absolute Gasteiger partial charge is 0.253 e. The van der Waals surface area contributed by atoms with Gasteiger partial charge in [-0.3, -0.25) is 9.59 Å². The number of halogens is 1. The van der Waals surface area contributed by atoms with Gasteiger partial charge in [-0.15, -0.1) is 0 Å². The molecule has 21 heavy (non-hydrogen) atoms. The molecule has 0 heterocycles. The molecular weight excluding hydrogens is 336 g/mol. The van der Waals surface area contributed by atoms with Gasteiger partial charge < -0.3 is 15.0 Å². The average molecular weight is 357 g/mol. The molecule has 0 aliphatic rings. The van der Waals surface area contributed by atoms with Crippen LogP contribution in [0.3, 0.4) is 0 Å². The molecule has 1 N–H and O–H groups in total. The third-order valence-electron chi connectivity index (χ3n) is 2.94. The molecule has 0 aliphatic carbocycles.